The summed E-state index contributed by atoms with van der Waals surface area (Å²) in [5.41, 5.74) is 1.33. The lowest BCUT2D eigenvalue weighted by Crippen LogP contribution is -1.93. The predicted octanol–water partition coefficient (Wildman–Crippen LogP) is 3.75. The zero-order valence-corrected chi connectivity index (χ0v) is 8.67. The van der Waals surface area contributed by atoms with Gasteiger partial charge in [0, 0.05) is 10.9 Å². The van der Waals surface area contributed by atoms with E-state index < -0.39 is 0 Å². The first-order valence-corrected chi connectivity index (χ1v) is 5.32. The normalized spacial score (nSPS) is 26.0. The summed E-state index contributed by atoms with van der Waals surface area (Å²) in [6.07, 6.45) is 3.20. The van der Waals surface area contributed by atoms with E-state index in [0.29, 0.717) is 5.92 Å². The van der Waals surface area contributed by atoms with Gasteiger partial charge in [-0.15, -0.1) is 0 Å². The van der Waals surface area contributed by atoms with Gasteiger partial charge in [0.25, 0.3) is 0 Å². The molecule has 0 radical (unpaired) electrons. The molecule has 0 bridgehead atoms. The van der Waals surface area contributed by atoms with Gasteiger partial charge in [0.05, 0.1) is 6.07 Å². The summed E-state index contributed by atoms with van der Waals surface area (Å²) in [7, 11) is 0. The lowest BCUT2D eigenvalue weighted by molar-refractivity contribution is 0.670. The summed E-state index contributed by atoms with van der Waals surface area (Å²) < 4.78 is 0. The zero-order chi connectivity index (χ0) is 9.97. The Morgan fingerprint density at radius 3 is 2.50 bits per heavy atom. The fourth-order valence-electron chi connectivity index (χ4n) is 2.14. The third-order valence-electron chi connectivity index (χ3n) is 2.96. The Morgan fingerprint density at radius 1 is 1.21 bits per heavy atom. The van der Waals surface area contributed by atoms with E-state index in [2.05, 4.69) is 18.2 Å². The van der Waals surface area contributed by atoms with Crippen molar-refractivity contribution in [2.75, 3.05) is 0 Å². The first kappa shape index (κ1) is 9.55. The minimum absolute atomic E-state index is 0.260. The molecule has 2 atom stereocenters. The van der Waals surface area contributed by atoms with Crippen molar-refractivity contribution in [3.8, 4) is 6.07 Å². The van der Waals surface area contributed by atoms with Crippen LogP contribution in [0.4, 0.5) is 0 Å². The minimum Gasteiger partial charge on any atom is -0.198 e. The van der Waals surface area contributed by atoms with Crippen LogP contribution in [0.25, 0.3) is 0 Å². The van der Waals surface area contributed by atoms with Gasteiger partial charge in [-0.05, 0) is 42.9 Å². The first-order chi connectivity index (χ1) is 6.79. The highest BCUT2D eigenvalue weighted by molar-refractivity contribution is 6.30. The van der Waals surface area contributed by atoms with E-state index in [1.165, 1.54) is 5.56 Å². The number of nitriles is 1. The highest BCUT2D eigenvalue weighted by Gasteiger charge is 2.25. The maximum atomic E-state index is 8.80. The van der Waals surface area contributed by atoms with Gasteiger partial charge in [-0.25, -0.2) is 0 Å². The summed E-state index contributed by atoms with van der Waals surface area (Å²) in [6.45, 7) is 0. The second-order valence-electron chi connectivity index (χ2n) is 3.89. The number of benzene rings is 1. The monoisotopic (exact) mass is 205 g/mol. The van der Waals surface area contributed by atoms with Crippen LogP contribution in [-0.4, -0.2) is 0 Å². The van der Waals surface area contributed by atoms with Crippen molar-refractivity contribution in [2.24, 2.45) is 5.92 Å². The predicted molar refractivity (Wildman–Crippen MR) is 57.1 cm³/mol. The Morgan fingerprint density at radius 2 is 1.93 bits per heavy atom. The molecule has 72 valence electrons. The van der Waals surface area contributed by atoms with E-state index in [1.54, 1.807) is 0 Å². The van der Waals surface area contributed by atoms with Gasteiger partial charge in [0.2, 0.25) is 0 Å². The van der Waals surface area contributed by atoms with Crippen molar-refractivity contribution in [3.05, 3.63) is 34.9 Å². The topological polar surface area (TPSA) is 23.8 Å². The van der Waals surface area contributed by atoms with E-state index in [0.717, 1.165) is 24.3 Å². The SMILES string of the molecule is N#CC1CCC(c2ccc(Cl)cc2)C1. The molecule has 1 fully saturated rings. The number of hydrogen-bond donors (Lipinski definition) is 0. The second kappa shape index (κ2) is 4.02. The van der Waals surface area contributed by atoms with Crippen LogP contribution >= 0.6 is 11.6 Å². The van der Waals surface area contributed by atoms with Crippen LogP contribution < -0.4 is 0 Å². The lowest BCUT2D eigenvalue weighted by Gasteiger charge is -2.08. The minimum atomic E-state index is 0.260. The Balaban J connectivity index is 2.10. The molecule has 1 saturated carbocycles. The largest absolute Gasteiger partial charge is 0.198 e. The van der Waals surface area contributed by atoms with Gasteiger partial charge in [-0.2, -0.15) is 5.26 Å². The molecule has 2 unspecified atom stereocenters. The van der Waals surface area contributed by atoms with Gasteiger partial charge in [-0.3, -0.25) is 0 Å². The van der Waals surface area contributed by atoms with Crippen LogP contribution in [0.5, 0.6) is 0 Å². The van der Waals surface area contributed by atoms with E-state index in [4.69, 9.17) is 16.9 Å². The molecule has 0 saturated heterocycles. The van der Waals surface area contributed by atoms with Crippen molar-refractivity contribution in [1.29, 1.82) is 5.26 Å². The molecule has 1 aliphatic rings. The molecule has 2 heteroatoms. The molecule has 0 N–H and O–H groups in total. The van der Waals surface area contributed by atoms with Crippen LogP contribution in [0, 0.1) is 17.2 Å². The molecule has 1 aromatic rings. The van der Waals surface area contributed by atoms with Gasteiger partial charge < -0.3 is 0 Å². The molecule has 0 heterocycles. The number of halogens is 1. The van der Waals surface area contributed by atoms with Crippen molar-refractivity contribution >= 4 is 11.6 Å². The molecule has 1 aliphatic carbocycles. The molecule has 0 amide bonds. The van der Waals surface area contributed by atoms with Gasteiger partial charge in [0.1, 0.15) is 0 Å². The van der Waals surface area contributed by atoms with E-state index in [-0.39, 0.29) is 5.92 Å². The van der Waals surface area contributed by atoms with Crippen molar-refractivity contribution in [3.63, 3.8) is 0 Å². The van der Waals surface area contributed by atoms with Gasteiger partial charge >= 0.3 is 0 Å². The van der Waals surface area contributed by atoms with Crippen LogP contribution in [0.3, 0.4) is 0 Å². The smallest absolute Gasteiger partial charge is 0.0656 e. The fraction of sp³-hybridized carbons (Fsp3) is 0.417. The standard InChI is InChI=1S/C12H12ClN/c13-12-5-3-10(4-6-12)11-2-1-9(7-11)8-14/h3-6,9,11H,1-2,7H2. The molecular formula is C12H12ClN. The van der Waals surface area contributed by atoms with Crippen molar-refractivity contribution < 1.29 is 0 Å². The van der Waals surface area contributed by atoms with E-state index in [1.807, 2.05) is 12.1 Å². The van der Waals surface area contributed by atoms with Crippen LogP contribution in [0.15, 0.2) is 24.3 Å². The van der Waals surface area contributed by atoms with Crippen LogP contribution in [-0.2, 0) is 0 Å². The quantitative estimate of drug-likeness (QED) is 0.685. The Labute approximate surface area is 89.3 Å². The highest BCUT2D eigenvalue weighted by Crippen LogP contribution is 2.37. The van der Waals surface area contributed by atoms with E-state index in [9.17, 15) is 0 Å². The Hall–Kier alpha value is -1.00. The second-order valence-corrected chi connectivity index (χ2v) is 4.32. The number of hydrogen-bond acceptors (Lipinski definition) is 1. The zero-order valence-electron chi connectivity index (χ0n) is 7.91. The maximum Gasteiger partial charge on any atom is 0.0656 e. The number of rotatable bonds is 1. The molecule has 0 spiro atoms. The molecular weight excluding hydrogens is 194 g/mol. The molecule has 14 heavy (non-hydrogen) atoms. The molecule has 1 nitrogen and oxygen atoms in total. The summed E-state index contributed by atoms with van der Waals surface area (Å²) >= 11 is 5.82. The summed E-state index contributed by atoms with van der Waals surface area (Å²) in [5.74, 6) is 0.826. The Bertz CT molecular complexity index is 350. The highest BCUT2D eigenvalue weighted by atomic mass is 35.5. The summed E-state index contributed by atoms with van der Waals surface area (Å²) in [5, 5.41) is 9.58. The third-order valence-corrected chi connectivity index (χ3v) is 3.21. The fourth-order valence-corrected chi connectivity index (χ4v) is 2.26. The molecule has 0 aromatic heterocycles. The molecule has 0 aliphatic heterocycles. The summed E-state index contributed by atoms with van der Waals surface area (Å²) in [4.78, 5) is 0. The third kappa shape index (κ3) is 1.91. The molecule has 1 aromatic carbocycles. The van der Waals surface area contributed by atoms with Crippen LogP contribution in [0.2, 0.25) is 5.02 Å². The summed E-state index contributed by atoms with van der Waals surface area (Å²) in [6, 6.07) is 10.4. The average Bonchev–Trinajstić information content (AvgIpc) is 2.67. The van der Waals surface area contributed by atoms with Gasteiger partial charge in [-0.1, -0.05) is 23.7 Å². The van der Waals surface area contributed by atoms with Crippen molar-refractivity contribution in [1.82, 2.24) is 0 Å². The average molecular weight is 206 g/mol. The lowest BCUT2D eigenvalue weighted by atomic mass is 9.97. The first-order valence-electron chi connectivity index (χ1n) is 4.94. The van der Waals surface area contributed by atoms with Gasteiger partial charge in [0.15, 0.2) is 0 Å². The molecule has 2 rings (SSSR count). The maximum absolute atomic E-state index is 8.80. The van der Waals surface area contributed by atoms with Crippen molar-refractivity contribution in [2.45, 2.75) is 25.2 Å². The Kier molecular flexibility index (Phi) is 2.74. The number of nitrogens with zero attached hydrogens (tertiary/aromatic N) is 1. The van der Waals surface area contributed by atoms with E-state index >= 15 is 0 Å². The van der Waals surface area contributed by atoms with Crippen LogP contribution in [0.1, 0.15) is 30.7 Å².